The van der Waals surface area contributed by atoms with Crippen LogP contribution in [0, 0.1) is 0 Å². The van der Waals surface area contributed by atoms with E-state index in [1.807, 2.05) is 0 Å². The Morgan fingerprint density at radius 1 is 0.882 bits per heavy atom. The molecule has 0 aromatic carbocycles. The maximum absolute atomic E-state index is 6.14. The zero-order valence-corrected chi connectivity index (χ0v) is 10.6. The van der Waals surface area contributed by atoms with Gasteiger partial charge in [0.15, 0.2) is 0 Å². The molecular weight excluding hydrogens is 283 g/mol. The first-order valence-electron chi connectivity index (χ1n) is 4.49. The molecule has 2 aromatic rings. The van der Waals surface area contributed by atoms with Gasteiger partial charge in [-0.05, 0) is 22.6 Å². The lowest BCUT2D eigenvalue weighted by Gasteiger charge is -2.11. The number of alkyl halides is 2. The number of hydrogen-bond acceptors (Lipinski definition) is 7. The molecule has 0 aliphatic heterocycles. The summed E-state index contributed by atoms with van der Waals surface area (Å²) in [6.45, 7) is 0. The fourth-order valence-corrected chi connectivity index (χ4v) is 2.74. The Kier molecular flexibility index (Phi) is 4.41. The van der Waals surface area contributed by atoms with Gasteiger partial charge in [-0.25, -0.2) is 0 Å². The fraction of sp³-hybridized carbons (Fsp3) is 0.250. The van der Waals surface area contributed by atoms with Crippen LogP contribution in [-0.2, 0) is 0 Å². The van der Waals surface area contributed by atoms with Crippen LogP contribution in [0.2, 0.25) is 0 Å². The predicted molar refractivity (Wildman–Crippen MR) is 64.4 cm³/mol. The van der Waals surface area contributed by atoms with Crippen LogP contribution in [0.4, 0.5) is 0 Å². The minimum absolute atomic E-state index is 0.428. The van der Waals surface area contributed by atoms with Crippen molar-refractivity contribution in [1.29, 1.82) is 0 Å². The summed E-state index contributed by atoms with van der Waals surface area (Å²) in [6.07, 6.45) is 3.04. The molecule has 17 heavy (non-hydrogen) atoms. The van der Waals surface area contributed by atoms with Crippen LogP contribution in [0.5, 0.6) is 0 Å². The van der Waals surface area contributed by atoms with E-state index in [0.717, 1.165) is 0 Å². The van der Waals surface area contributed by atoms with Crippen molar-refractivity contribution in [2.24, 2.45) is 0 Å². The van der Waals surface area contributed by atoms with Gasteiger partial charge in [0.05, 0.1) is 23.8 Å². The van der Waals surface area contributed by atoms with E-state index in [9.17, 15) is 0 Å². The van der Waals surface area contributed by atoms with E-state index >= 15 is 0 Å². The van der Waals surface area contributed by atoms with E-state index in [-0.39, 0.29) is 0 Å². The highest BCUT2D eigenvalue weighted by atomic mass is 35.5. The number of thioether (sulfide) groups is 1. The maximum atomic E-state index is 6.14. The van der Waals surface area contributed by atoms with Crippen LogP contribution in [0.3, 0.4) is 0 Å². The molecular formula is C8H6Cl2N6S. The third-order valence-corrected chi connectivity index (χ3v) is 3.78. The van der Waals surface area contributed by atoms with Gasteiger partial charge in [-0.2, -0.15) is 0 Å². The van der Waals surface area contributed by atoms with Crippen molar-refractivity contribution in [2.45, 2.75) is 9.42 Å². The molecule has 0 bridgehead atoms. The molecule has 0 spiro atoms. The molecule has 9 heteroatoms. The summed E-state index contributed by atoms with van der Waals surface area (Å²) >= 11 is 13.5. The van der Waals surface area contributed by atoms with Crippen LogP contribution in [0.1, 0.15) is 20.8 Å². The molecule has 2 rings (SSSR count). The van der Waals surface area contributed by atoms with Gasteiger partial charge < -0.3 is 0 Å². The Hall–Kier alpha value is -1.05. The zero-order valence-electron chi connectivity index (χ0n) is 8.31. The second-order valence-corrected chi connectivity index (χ2v) is 5.46. The molecule has 0 saturated heterocycles. The lowest BCUT2D eigenvalue weighted by molar-refractivity contribution is 0.825. The quantitative estimate of drug-likeness (QED) is 0.796. The normalized spacial score (nSPS) is 14.2. The summed E-state index contributed by atoms with van der Waals surface area (Å²) in [5.74, 6) is 0. The van der Waals surface area contributed by atoms with E-state index in [2.05, 4.69) is 30.8 Å². The van der Waals surface area contributed by atoms with Crippen LogP contribution < -0.4 is 0 Å². The molecule has 2 atom stereocenters. The summed E-state index contributed by atoms with van der Waals surface area (Å²) in [7, 11) is 0. The summed E-state index contributed by atoms with van der Waals surface area (Å²) in [5, 5.41) is 21.8. The number of halogens is 2. The van der Waals surface area contributed by atoms with Gasteiger partial charge >= 0.3 is 0 Å². The number of aromatic nitrogens is 6. The van der Waals surface area contributed by atoms with Crippen molar-refractivity contribution in [3.05, 3.63) is 35.9 Å². The highest BCUT2D eigenvalue weighted by Crippen LogP contribution is 2.43. The topological polar surface area (TPSA) is 77.3 Å². The molecule has 2 heterocycles. The van der Waals surface area contributed by atoms with E-state index < -0.39 is 9.42 Å². The molecule has 0 radical (unpaired) electrons. The van der Waals surface area contributed by atoms with Crippen molar-refractivity contribution in [3.8, 4) is 0 Å². The van der Waals surface area contributed by atoms with E-state index in [1.165, 1.54) is 24.2 Å². The highest BCUT2D eigenvalue weighted by Gasteiger charge is 2.18. The Morgan fingerprint density at radius 2 is 1.35 bits per heavy atom. The van der Waals surface area contributed by atoms with Crippen LogP contribution in [-0.4, -0.2) is 30.8 Å². The van der Waals surface area contributed by atoms with Gasteiger partial charge in [-0.3, -0.25) is 0 Å². The average molecular weight is 289 g/mol. The Morgan fingerprint density at radius 3 is 1.71 bits per heavy atom. The maximum Gasteiger partial charge on any atom is 0.125 e. The molecule has 0 amide bonds. The minimum atomic E-state index is -0.428. The standard InChI is InChI=1S/C8H6Cl2N6S/c9-7(5-1-3-11-15-13-5)17-8(10)6-2-4-12-16-14-6/h1-4,7-8H. The SMILES string of the molecule is ClC(SC(Cl)c1ccnnn1)c1ccnnn1. The Bertz CT molecular complexity index is 415. The predicted octanol–water partition coefficient (Wildman–Crippen LogP) is 1.96. The lowest BCUT2D eigenvalue weighted by Crippen LogP contribution is -1.99. The van der Waals surface area contributed by atoms with Gasteiger partial charge in [0.1, 0.15) is 9.42 Å². The number of nitrogens with zero attached hydrogens (tertiary/aromatic N) is 6. The third-order valence-electron chi connectivity index (χ3n) is 1.75. The van der Waals surface area contributed by atoms with E-state index in [4.69, 9.17) is 23.2 Å². The lowest BCUT2D eigenvalue weighted by atomic mass is 10.5. The smallest absolute Gasteiger partial charge is 0.125 e. The van der Waals surface area contributed by atoms with E-state index in [0.29, 0.717) is 11.4 Å². The van der Waals surface area contributed by atoms with Gasteiger partial charge in [-0.1, -0.05) is 0 Å². The first-order chi connectivity index (χ1) is 8.27. The summed E-state index contributed by atoms with van der Waals surface area (Å²) < 4.78 is -0.856. The van der Waals surface area contributed by atoms with Gasteiger partial charge in [0, 0.05) is 0 Å². The van der Waals surface area contributed by atoms with Crippen LogP contribution >= 0.6 is 35.0 Å². The van der Waals surface area contributed by atoms with Gasteiger partial charge in [-0.15, -0.1) is 55.4 Å². The number of hydrogen-bond donors (Lipinski definition) is 0. The fourth-order valence-electron chi connectivity index (χ4n) is 0.987. The molecule has 0 N–H and O–H groups in total. The van der Waals surface area contributed by atoms with E-state index in [1.54, 1.807) is 12.1 Å². The molecule has 0 fully saturated rings. The first kappa shape index (κ1) is 12.4. The summed E-state index contributed by atoms with van der Waals surface area (Å²) in [6, 6.07) is 3.36. The van der Waals surface area contributed by atoms with Crippen LogP contribution in [0.25, 0.3) is 0 Å². The average Bonchev–Trinajstić information content (AvgIpc) is 2.40. The van der Waals surface area contributed by atoms with Crippen molar-refractivity contribution in [3.63, 3.8) is 0 Å². The summed E-state index contributed by atoms with van der Waals surface area (Å²) in [4.78, 5) is 0. The van der Waals surface area contributed by atoms with Gasteiger partial charge in [0.2, 0.25) is 0 Å². The zero-order chi connectivity index (χ0) is 12.1. The van der Waals surface area contributed by atoms with Gasteiger partial charge in [0.25, 0.3) is 0 Å². The Balaban J connectivity index is 2.02. The molecule has 0 aliphatic rings. The van der Waals surface area contributed by atoms with Crippen LogP contribution in [0.15, 0.2) is 24.5 Å². The second-order valence-electron chi connectivity index (χ2n) is 2.86. The largest absolute Gasteiger partial charge is 0.139 e. The summed E-state index contributed by atoms with van der Waals surface area (Å²) in [5.41, 5.74) is 1.19. The molecule has 0 saturated carbocycles. The molecule has 2 unspecified atom stereocenters. The number of rotatable bonds is 4. The molecule has 88 valence electrons. The molecule has 0 aliphatic carbocycles. The Labute approximate surface area is 111 Å². The van der Waals surface area contributed by atoms with Crippen molar-refractivity contribution >= 4 is 35.0 Å². The second kappa shape index (κ2) is 6.04. The molecule has 2 aromatic heterocycles. The monoisotopic (exact) mass is 288 g/mol. The third kappa shape index (κ3) is 3.45. The van der Waals surface area contributed by atoms with Crippen molar-refractivity contribution in [1.82, 2.24) is 30.8 Å². The van der Waals surface area contributed by atoms with Crippen molar-refractivity contribution in [2.75, 3.05) is 0 Å². The van der Waals surface area contributed by atoms with Crippen molar-refractivity contribution < 1.29 is 0 Å². The first-order valence-corrected chi connectivity index (χ1v) is 6.31. The highest BCUT2D eigenvalue weighted by molar-refractivity contribution is 8.01. The molecule has 6 nitrogen and oxygen atoms in total. The minimum Gasteiger partial charge on any atom is -0.139 e.